The zero-order valence-corrected chi connectivity index (χ0v) is 22.4. The van der Waals surface area contributed by atoms with Gasteiger partial charge in [-0.05, 0) is 60.2 Å². The van der Waals surface area contributed by atoms with Gasteiger partial charge >= 0.3 is 0 Å². The van der Waals surface area contributed by atoms with Gasteiger partial charge in [-0.15, -0.1) is 0 Å². The first-order valence-electron chi connectivity index (χ1n) is 12.3. The van der Waals surface area contributed by atoms with E-state index in [1.54, 1.807) is 12.4 Å². The lowest BCUT2D eigenvalue weighted by molar-refractivity contribution is 0.814. The van der Waals surface area contributed by atoms with Gasteiger partial charge in [-0.2, -0.15) is 4.98 Å². The second-order valence-electron chi connectivity index (χ2n) is 8.77. The number of nitrogens with zero attached hydrogens (tertiary/aromatic N) is 6. The van der Waals surface area contributed by atoms with E-state index >= 15 is 0 Å². The van der Waals surface area contributed by atoms with E-state index in [1.165, 1.54) is 0 Å². The van der Waals surface area contributed by atoms with Gasteiger partial charge in [0.1, 0.15) is 10.5 Å². The Hall–Kier alpha value is -4.73. The summed E-state index contributed by atoms with van der Waals surface area (Å²) in [6.45, 7) is 0.377. The number of para-hydroxylation sites is 3. The Balaban J connectivity index is 1.78. The zero-order valence-electron chi connectivity index (χ0n) is 20.8. The third-order valence-electron chi connectivity index (χ3n) is 6.31. The summed E-state index contributed by atoms with van der Waals surface area (Å²) in [6.07, 6.45) is 3.53. The van der Waals surface area contributed by atoms with Crippen molar-refractivity contribution in [3.8, 4) is 17.1 Å². The summed E-state index contributed by atoms with van der Waals surface area (Å²) < 4.78 is 6.55. The van der Waals surface area contributed by atoms with E-state index in [0.717, 1.165) is 22.6 Å². The highest BCUT2D eigenvalue weighted by molar-refractivity contribution is 7.72. The van der Waals surface area contributed by atoms with Crippen LogP contribution in [0.1, 0.15) is 5.56 Å². The van der Waals surface area contributed by atoms with Crippen molar-refractivity contribution >= 4 is 41.3 Å². The van der Waals surface area contributed by atoms with E-state index in [4.69, 9.17) is 40.1 Å². The Morgan fingerprint density at radius 1 is 0.692 bits per heavy atom. The quantitative estimate of drug-likeness (QED) is 0.263. The number of pyridine rings is 1. The van der Waals surface area contributed by atoms with E-state index in [9.17, 15) is 0 Å². The zero-order chi connectivity index (χ0) is 26.8. The first kappa shape index (κ1) is 24.6. The van der Waals surface area contributed by atoms with Crippen LogP contribution in [0, 0.1) is 9.41 Å². The van der Waals surface area contributed by atoms with Gasteiger partial charge in [0.15, 0.2) is 10.4 Å². The average Bonchev–Trinajstić information content (AvgIpc) is 2.98. The molecule has 3 aromatic heterocycles. The molecular weight excluding hydrogens is 523 g/mol. The average molecular weight is 546 g/mol. The highest BCUT2D eigenvalue weighted by Gasteiger charge is 2.19. The minimum Gasteiger partial charge on any atom is -0.384 e. The van der Waals surface area contributed by atoms with Crippen LogP contribution in [0.2, 0.25) is 0 Å². The van der Waals surface area contributed by atoms with Crippen molar-refractivity contribution in [2.24, 2.45) is 4.99 Å². The highest BCUT2D eigenvalue weighted by atomic mass is 32.1. The lowest BCUT2D eigenvalue weighted by Gasteiger charge is -2.20. The molecule has 0 saturated heterocycles. The van der Waals surface area contributed by atoms with Crippen molar-refractivity contribution in [1.82, 2.24) is 23.7 Å². The van der Waals surface area contributed by atoms with Gasteiger partial charge in [0, 0.05) is 23.8 Å². The summed E-state index contributed by atoms with van der Waals surface area (Å²) >= 11 is 12.1. The van der Waals surface area contributed by atoms with Gasteiger partial charge in [-0.3, -0.25) is 18.7 Å². The van der Waals surface area contributed by atoms with Crippen molar-refractivity contribution in [2.75, 3.05) is 5.73 Å². The molecule has 0 saturated carbocycles. The fourth-order valence-corrected chi connectivity index (χ4v) is 5.33. The van der Waals surface area contributed by atoms with Crippen molar-refractivity contribution < 1.29 is 0 Å². The molecule has 0 aliphatic carbocycles. The highest BCUT2D eigenvalue weighted by Crippen LogP contribution is 2.27. The van der Waals surface area contributed by atoms with Gasteiger partial charge in [0.2, 0.25) is 5.62 Å². The Labute approximate surface area is 234 Å². The fraction of sp³-hybridized carbons (Fsp3) is 0.0333. The molecule has 3 heterocycles. The minimum absolute atomic E-state index is 0.377. The Bertz CT molecular complexity index is 1960. The maximum atomic E-state index is 6.99. The summed E-state index contributed by atoms with van der Waals surface area (Å²) in [5.41, 5.74) is 11.4. The van der Waals surface area contributed by atoms with Gasteiger partial charge in [0.25, 0.3) is 0 Å². The Morgan fingerprint density at radius 2 is 1.26 bits per heavy atom. The van der Waals surface area contributed by atoms with E-state index in [0.29, 0.717) is 38.4 Å². The third kappa shape index (κ3) is 4.58. The molecule has 6 aromatic rings. The molecule has 190 valence electrons. The number of nitrogens with two attached hydrogens (primary N) is 1. The molecule has 0 atom stereocenters. The van der Waals surface area contributed by atoms with Crippen LogP contribution in [-0.4, -0.2) is 23.7 Å². The predicted molar refractivity (Wildman–Crippen MR) is 159 cm³/mol. The largest absolute Gasteiger partial charge is 0.384 e. The van der Waals surface area contributed by atoms with Crippen LogP contribution in [0.25, 0.3) is 28.1 Å². The SMILES string of the molecule is Nc1c2c(=S)n(-c3ccccc3)c(=S)n(-c3ccccc3)c2nc(=NCc2cccnc2)n1-c1ccccc1. The molecule has 0 aliphatic heterocycles. The monoisotopic (exact) mass is 545 g/mol. The molecule has 39 heavy (non-hydrogen) atoms. The molecule has 0 amide bonds. The van der Waals surface area contributed by atoms with Crippen molar-refractivity contribution in [1.29, 1.82) is 0 Å². The lowest BCUT2D eigenvalue weighted by Crippen LogP contribution is -2.28. The van der Waals surface area contributed by atoms with E-state index < -0.39 is 0 Å². The van der Waals surface area contributed by atoms with Crippen molar-refractivity contribution in [3.05, 3.63) is 136 Å². The number of benzene rings is 3. The van der Waals surface area contributed by atoms with Crippen LogP contribution in [0.15, 0.2) is 121 Å². The van der Waals surface area contributed by atoms with Crippen LogP contribution in [0.5, 0.6) is 0 Å². The second-order valence-corrected chi connectivity index (χ2v) is 9.53. The predicted octanol–water partition coefficient (Wildman–Crippen LogP) is 6.14. The molecule has 0 spiro atoms. The first-order valence-corrected chi connectivity index (χ1v) is 13.1. The number of hydrogen-bond acceptors (Lipinski definition) is 6. The Kier molecular flexibility index (Phi) is 6.66. The molecule has 2 N–H and O–H groups in total. The molecule has 0 bridgehead atoms. The van der Waals surface area contributed by atoms with Crippen LogP contribution in [-0.2, 0) is 6.54 Å². The summed E-state index contributed by atoms with van der Waals surface area (Å²) in [5.74, 6) is 0.422. The normalized spacial score (nSPS) is 11.6. The number of anilines is 1. The molecule has 0 unspecified atom stereocenters. The topological polar surface area (TPSA) is 78.9 Å². The van der Waals surface area contributed by atoms with Crippen LogP contribution >= 0.6 is 24.4 Å². The molecule has 9 heteroatoms. The second kappa shape index (κ2) is 10.6. The number of hydrogen-bond donors (Lipinski definition) is 1. The van der Waals surface area contributed by atoms with Crippen LogP contribution < -0.4 is 11.4 Å². The first-order chi connectivity index (χ1) is 19.1. The fourth-order valence-electron chi connectivity index (χ4n) is 4.50. The lowest BCUT2D eigenvalue weighted by atomic mass is 10.2. The summed E-state index contributed by atoms with van der Waals surface area (Å²) in [5, 5.41) is 0.607. The molecule has 3 aromatic carbocycles. The van der Waals surface area contributed by atoms with Gasteiger partial charge in [-0.1, -0.05) is 72.9 Å². The van der Waals surface area contributed by atoms with Crippen molar-refractivity contribution in [2.45, 2.75) is 6.54 Å². The van der Waals surface area contributed by atoms with Crippen molar-refractivity contribution in [3.63, 3.8) is 0 Å². The summed E-state index contributed by atoms with van der Waals surface area (Å²) in [6, 6.07) is 33.3. The van der Waals surface area contributed by atoms with Gasteiger partial charge in [-0.25, -0.2) is 4.99 Å². The summed E-state index contributed by atoms with van der Waals surface area (Å²) in [4.78, 5) is 14.2. The number of rotatable bonds is 5. The van der Waals surface area contributed by atoms with Crippen LogP contribution in [0.3, 0.4) is 0 Å². The standard InChI is InChI=1S/C30H23N7S2/c31-26-25-27(34-29(33-20-21-11-10-18-32-19-21)35(26)22-12-4-1-5-13-22)36(23-14-6-2-7-15-23)30(39)37(28(25)38)24-16-8-3-9-17-24/h1-19H,20,31H2. The molecule has 7 nitrogen and oxygen atoms in total. The van der Waals surface area contributed by atoms with Gasteiger partial charge in [0.05, 0.1) is 17.6 Å². The smallest absolute Gasteiger partial charge is 0.233 e. The third-order valence-corrected chi connectivity index (χ3v) is 7.06. The Morgan fingerprint density at radius 3 is 1.82 bits per heavy atom. The van der Waals surface area contributed by atoms with E-state index in [1.807, 2.05) is 117 Å². The molecule has 0 aliphatic rings. The summed E-state index contributed by atoms with van der Waals surface area (Å²) in [7, 11) is 0. The van der Waals surface area contributed by atoms with E-state index in [2.05, 4.69) is 4.98 Å². The molecular formula is C30H23N7S2. The number of nitrogen functional groups attached to an aromatic ring is 1. The maximum absolute atomic E-state index is 6.99. The van der Waals surface area contributed by atoms with E-state index in [-0.39, 0.29) is 0 Å². The maximum Gasteiger partial charge on any atom is 0.233 e. The van der Waals surface area contributed by atoms with Crippen LogP contribution in [0.4, 0.5) is 5.82 Å². The molecule has 0 fully saturated rings. The van der Waals surface area contributed by atoms with Gasteiger partial charge < -0.3 is 5.73 Å². The molecule has 6 rings (SSSR count). The number of aromatic nitrogens is 5. The number of fused-ring (bicyclic) bond motifs is 1. The molecule has 0 radical (unpaired) electrons. The minimum atomic E-state index is 0.377.